The first-order chi connectivity index (χ1) is 8.52. The molecule has 1 N–H and O–H groups in total. The number of carboxylic acid groups (broad SMARTS) is 2. The normalized spacial score (nSPS) is 9.47. The van der Waals surface area contributed by atoms with Crippen molar-refractivity contribution in [3.8, 4) is 0 Å². The number of carboxylic acids is 2. The molecule has 0 radical (unpaired) electrons. The van der Waals surface area contributed by atoms with Crippen molar-refractivity contribution in [2.24, 2.45) is 0 Å². The number of carbonyl (C=O) groups excluding carboxylic acids is 2. The third-order valence-electron chi connectivity index (χ3n) is 2.05. The third-order valence-corrected chi connectivity index (χ3v) is 2.05. The molecule has 0 amide bonds. The van der Waals surface area contributed by atoms with Crippen molar-refractivity contribution in [3.05, 3.63) is 0 Å². The van der Waals surface area contributed by atoms with Crippen molar-refractivity contribution < 1.29 is 63.9 Å². The van der Waals surface area contributed by atoms with Crippen LogP contribution < -0.4 is 34.7 Å². The Bertz CT molecular complexity index is 280. The molecule has 0 heterocycles. The molecule has 0 atom stereocenters. The summed E-state index contributed by atoms with van der Waals surface area (Å²) in [5.41, 5.74) is 0. The van der Waals surface area contributed by atoms with E-state index in [-0.39, 0.29) is 49.0 Å². The Morgan fingerprint density at radius 3 is 2.16 bits per heavy atom. The van der Waals surface area contributed by atoms with Crippen molar-refractivity contribution in [1.29, 1.82) is 0 Å². The summed E-state index contributed by atoms with van der Waals surface area (Å²) < 4.78 is 0. The van der Waals surface area contributed by atoms with Gasteiger partial charge in [-0.3, -0.25) is 9.68 Å². The molecule has 0 saturated heterocycles. The van der Waals surface area contributed by atoms with Gasteiger partial charge in [0, 0.05) is 12.4 Å². The molecule has 7 nitrogen and oxygen atoms in total. The summed E-state index contributed by atoms with van der Waals surface area (Å²) in [4.78, 5) is 40.0. The summed E-state index contributed by atoms with van der Waals surface area (Å²) in [6.07, 6.45) is 2.30. The first-order valence-electron chi connectivity index (χ1n) is 5.76. The molecule has 0 aromatic carbocycles. The first kappa shape index (κ1) is 20.7. The Morgan fingerprint density at radius 2 is 1.58 bits per heavy atom. The maximum atomic E-state index is 10.9. The molecule has 8 heteroatoms. The van der Waals surface area contributed by atoms with Crippen LogP contribution in [0, 0.1) is 0 Å². The molecular weight excluding hydrogens is 267 g/mol. The molecule has 104 valence electrons. The van der Waals surface area contributed by atoms with Gasteiger partial charge in [0.15, 0.2) is 0 Å². The van der Waals surface area contributed by atoms with Gasteiger partial charge in [-0.1, -0.05) is 12.8 Å². The molecule has 0 bridgehead atoms. The Kier molecular flexibility index (Phi) is 15.0. The summed E-state index contributed by atoms with van der Waals surface area (Å²) in [6.45, 7) is 0.212. The fraction of sp³-hybridized carbons (Fsp3) is 0.727. The average molecular weight is 284 g/mol. The number of hydrogen-bond donors (Lipinski definition) is 1. The van der Waals surface area contributed by atoms with Gasteiger partial charge in [0.2, 0.25) is 0 Å². The smallest absolute Gasteiger partial charge is 0.550 e. The second-order valence-electron chi connectivity index (χ2n) is 3.71. The predicted molar refractivity (Wildman–Crippen MR) is 57.0 cm³/mol. The molecule has 0 spiro atoms. The Morgan fingerprint density at radius 1 is 0.947 bits per heavy atom. The maximum Gasteiger partial charge on any atom is 1.00 e. The number of carbonyl (C=O) groups is 3. The number of hydrogen-bond acceptors (Lipinski definition) is 6. The van der Waals surface area contributed by atoms with Gasteiger partial charge in [-0.25, -0.2) is 4.79 Å². The van der Waals surface area contributed by atoms with Crippen LogP contribution in [-0.2, 0) is 24.2 Å². The van der Waals surface area contributed by atoms with Crippen LogP contribution in [0.3, 0.4) is 0 Å². The zero-order valence-electron chi connectivity index (χ0n) is 11.1. The zero-order chi connectivity index (χ0) is 13.8. The van der Waals surface area contributed by atoms with E-state index in [0.717, 1.165) is 12.8 Å². The van der Waals surface area contributed by atoms with Crippen molar-refractivity contribution in [2.75, 3.05) is 6.61 Å². The van der Waals surface area contributed by atoms with E-state index < -0.39 is 24.3 Å². The monoisotopic (exact) mass is 284 g/mol. The second-order valence-corrected chi connectivity index (χ2v) is 3.71. The maximum absolute atomic E-state index is 10.9. The van der Waals surface area contributed by atoms with Crippen LogP contribution in [0.2, 0.25) is 0 Å². The van der Waals surface area contributed by atoms with E-state index in [4.69, 9.17) is 5.11 Å². The van der Waals surface area contributed by atoms with Gasteiger partial charge >= 0.3 is 41.5 Å². The van der Waals surface area contributed by atoms with Gasteiger partial charge in [-0.2, -0.15) is 4.89 Å². The molecule has 0 rings (SSSR count). The standard InChI is InChI=1S/C11H18O7.Na/c12-9(13)5-3-1-2-4-8-17-18-11(16)7-6-10(14)15;/h1-8H2,(H,12,13)(H,14,15);/q;+1/p-1. The predicted octanol–water partition coefficient (Wildman–Crippen LogP) is -2.97. The largest absolute Gasteiger partial charge is 1.00 e. The van der Waals surface area contributed by atoms with Gasteiger partial charge in [0.1, 0.15) is 0 Å². The topological polar surface area (TPSA) is 113 Å². The van der Waals surface area contributed by atoms with Crippen molar-refractivity contribution >= 4 is 17.9 Å². The summed E-state index contributed by atoms with van der Waals surface area (Å²) in [5.74, 6) is -2.87. The van der Waals surface area contributed by atoms with Gasteiger partial charge in [0.05, 0.1) is 13.0 Å². The molecule has 0 aromatic heterocycles. The Hall–Kier alpha value is -0.630. The van der Waals surface area contributed by atoms with Crippen LogP contribution in [0.15, 0.2) is 0 Å². The first-order valence-corrected chi connectivity index (χ1v) is 5.76. The zero-order valence-corrected chi connectivity index (χ0v) is 13.1. The summed E-state index contributed by atoms with van der Waals surface area (Å²) in [7, 11) is 0. The molecule has 19 heavy (non-hydrogen) atoms. The van der Waals surface area contributed by atoms with Crippen LogP contribution in [0.4, 0.5) is 0 Å². The van der Waals surface area contributed by atoms with Gasteiger partial charge in [0.25, 0.3) is 0 Å². The SMILES string of the molecule is O=C([O-])CCC(=O)OOCCCCCCC(=O)O.[Na+]. The number of rotatable bonds is 11. The van der Waals surface area contributed by atoms with Gasteiger partial charge < -0.3 is 15.0 Å². The quantitative estimate of drug-likeness (QED) is 0.186. The summed E-state index contributed by atoms with van der Waals surface area (Å²) in [5, 5.41) is 18.4. The van der Waals surface area contributed by atoms with Crippen LogP contribution in [0.1, 0.15) is 44.9 Å². The van der Waals surface area contributed by atoms with E-state index in [1.54, 1.807) is 0 Å². The van der Waals surface area contributed by atoms with E-state index in [1.807, 2.05) is 0 Å². The molecule has 0 saturated carbocycles. The Balaban J connectivity index is 0. The van der Waals surface area contributed by atoms with Gasteiger partial charge in [-0.05, 0) is 19.3 Å². The Labute approximate surface area is 133 Å². The van der Waals surface area contributed by atoms with Crippen molar-refractivity contribution in [2.45, 2.75) is 44.9 Å². The molecular formula is C11H17NaO7. The second kappa shape index (κ2) is 13.8. The number of unbranched alkanes of at least 4 members (excludes halogenated alkanes) is 3. The molecule has 0 aromatic rings. The molecule has 0 unspecified atom stereocenters. The van der Waals surface area contributed by atoms with Gasteiger partial charge in [-0.15, -0.1) is 0 Å². The van der Waals surface area contributed by atoms with Crippen LogP contribution in [0.25, 0.3) is 0 Å². The van der Waals surface area contributed by atoms with Crippen LogP contribution in [-0.4, -0.2) is 29.6 Å². The minimum Gasteiger partial charge on any atom is -0.550 e. The molecule has 0 fully saturated rings. The fourth-order valence-electron chi connectivity index (χ4n) is 1.14. The molecule has 0 aliphatic carbocycles. The summed E-state index contributed by atoms with van der Waals surface area (Å²) >= 11 is 0. The van der Waals surface area contributed by atoms with E-state index in [1.165, 1.54) is 0 Å². The third kappa shape index (κ3) is 17.4. The minimum atomic E-state index is -1.31. The minimum absolute atomic E-state index is 0. The van der Waals surface area contributed by atoms with Crippen molar-refractivity contribution in [1.82, 2.24) is 0 Å². The van der Waals surface area contributed by atoms with Crippen molar-refractivity contribution in [3.63, 3.8) is 0 Å². The molecule has 0 aliphatic heterocycles. The fourth-order valence-corrected chi connectivity index (χ4v) is 1.14. The van der Waals surface area contributed by atoms with Crippen LogP contribution >= 0.6 is 0 Å². The van der Waals surface area contributed by atoms with E-state index in [9.17, 15) is 19.5 Å². The summed E-state index contributed by atoms with van der Waals surface area (Å²) in [6, 6.07) is 0. The van der Waals surface area contributed by atoms with E-state index >= 15 is 0 Å². The number of aliphatic carboxylic acids is 2. The average Bonchev–Trinajstić information content (AvgIpc) is 2.29. The van der Waals surface area contributed by atoms with E-state index in [0.29, 0.717) is 12.8 Å². The van der Waals surface area contributed by atoms with E-state index in [2.05, 4.69) is 9.78 Å². The van der Waals surface area contributed by atoms with Crippen LogP contribution in [0.5, 0.6) is 0 Å². The molecule has 0 aliphatic rings.